The van der Waals surface area contributed by atoms with E-state index in [1.54, 1.807) is 19.1 Å². The smallest absolute Gasteiger partial charge is 0.313 e. The van der Waals surface area contributed by atoms with Crippen molar-refractivity contribution < 1.29 is 24.1 Å². The van der Waals surface area contributed by atoms with Crippen LogP contribution in [0.5, 0.6) is 5.88 Å². The number of amides is 2. The molecule has 0 radical (unpaired) electrons. The number of carbonyl (C=O) groups is 2. The van der Waals surface area contributed by atoms with Gasteiger partial charge in [-0.05, 0) is 35.3 Å². The van der Waals surface area contributed by atoms with E-state index < -0.39 is 12.0 Å². The van der Waals surface area contributed by atoms with Gasteiger partial charge in [-0.3, -0.25) is 14.8 Å². The van der Waals surface area contributed by atoms with Gasteiger partial charge in [0.2, 0.25) is 5.76 Å². The van der Waals surface area contributed by atoms with Gasteiger partial charge in [-0.25, -0.2) is 5.48 Å². The van der Waals surface area contributed by atoms with Gasteiger partial charge in [0.25, 0.3) is 11.8 Å². The molecule has 0 aliphatic heterocycles. The molecule has 3 aromatic rings. The molecule has 8 heteroatoms. The van der Waals surface area contributed by atoms with E-state index >= 15 is 0 Å². The number of hydrogen-bond acceptors (Lipinski definition) is 6. The number of ether oxygens (including phenoxy) is 1. The maximum Gasteiger partial charge on any atom is 0.313 e. The highest BCUT2D eigenvalue weighted by Crippen LogP contribution is 2.19. The SMILES string of the molecule is C[C@H](CNC(=O)c1ccc(-c2ccccc2)cc1)Oc1cc(C(=O)NO)on1. The molecule has 1 aromatic heterocycles. The quantitative estimate of drug-likeness (QED) is 0.428. The molecule has 0 fully saturated rings. The number of rotatable bonds is 7. The Balaban J connectivity index is 1.52. The lowest BCUT2D eigenvalue weighted by Crippen LogP contribution is -2.33. The Bertz CT molecular complexity index is 938. The molecule has 0 aliphatic rings. The first kappa shape index (κ1) is 19.1. The highest BCUT2D eigenvalue weighted by Gasteiger charge is 2.15. The molecule has 2 amide bonds. The summed E-state index contributed by atoms with van der Waals surface area (Å²) in [5, 5.41) is 14.9. The van der Waals surface area contributed by atoms with Crippen LogP contribution in [-0.4, -0.2) is 34.8 Å². The van der Waals surface area contributed by atoms with Gasteiger partial charge in [0.1, 0.15) is 6.10 Å². The molecule has 1 heterocycles. The zero-order valence-electron chi connectivity index (χ0n) is 15.1. The van der Waals surface area contributed by atoms with Crippen molar-refractivity contribution in [2.75, 3.05) is 6.54 Å². The van der Waals surface area contributed by atoms with E-state index in [1.165, 1.54) is 11.5 Å². The van der Waals surface area contributed by atoms with Crippen molar-refractivity contribution in [2.24, 2.45) is 0 Å². The molecule has 28 heavy (non-hydrogen) atoms. The van der Waals surface area contributed by atoms with E-state index in [1.807, 2.05) is 42.5 Å². The molecule has 3 rings (SSSR count). The van der Waals surface area contributed by atoms with Crippen LogP contribution in [0.1, 0.15) is 27.8 Å². The molecule has 0 bridgehead atoms. The van der Waals surface area contributed by atoms with Gasteiger partial charge >= 0.3 is 5.91 Å². The van der Waals surface area contributed by atoms with Crippen molar-refractivity contribution in [2.45, 2.75) is 13.0 Å². The molecule has 0 saturated heterocycles. The van der Waals surface area contributed by atoms with Gasteiger partial charge in [0, 0.05) is 5.56 Å². The molecule has 0 saturated carbocycles. The first-order valence-electron chi connectivity index (χ1n) is 8.58. The van der Waals surface area contributed by atoms with Crippen LogP contribution in [0.3, 0.4) is 0 Å². The van der Waals surface area contributed by atoms with E-state index in [4.69, 9.17) is 14.5 Å². The van der Waals surface area contributed by atoms with Crippen LogP contribution in [0, 0.1) is 0 Å². The average molecular weight is 381 g/mol. The molecular formula is C20H19N3O5. The fourth-order valence-corrected chi connectivity index (χ4v) is 2.51. The number of benzene rings is 2. The van der Waals surface area contributed by atoms with Crippen LogP contribution in [0.4, 0.5) is 0 Å². The third-order valence-electron chi connectivity index (χ3n) is 3.94. The third-order valence-corrected chi connectivity index (χ3v) is 3.94. The fourth-order valence-electron chi connectivity index (χ4n) is 2.51. The van der Waals surface area contributed by atoms with Crippen molar-refractivity contribution >= 4 is 11.8 Å². The Labute approximate surface area is 161 Å². The van der Waals surface area contributed by atoms with Gasteiger partial charge in [0.05, 0.1) is 12.6 Å². The second-order valence-electron chi connectivity index (χ2n) is 6.05. The molecular weight excluding hydrogens is 362 g/mol. The summed E-state index contributed by atoms with van der Waals surface area (Å²) in [6.07, 6.45) is -0.414. The molecule has 0 aliphatic carbocycles. The standard InChI is InChI=1S/C20H19N3O5/c1-13(27-18-11-17(28-23-18)20(25)22-26)12-21-19(24)16-9-7-15(8-10-16)14-5-3-2-4-6-14/h2-11,13,26H,12H2,1H3,(H,21,24)(H,22,25)/t13-/m1/s1. The Kier molecular flexibility index (Phi) is 6.03. The zero-order chi connectivity index (χ0) is 19.9. The summed E-state index contributed by atoms with van der Waals surface area (Å²) in [6, 6.07) is 18.5. The van der Waals surface area contributed by atoms with Crippen LogP contribution >= 0.6 is 0 Å². The minimum Gasteiger partial charge on any atom is -0.471 e. The lowest BCUT2D eigenvalue weighted by molar-refractivity contribution is 0.0666. The van der Waals surface area contributed by atoms with E-state index in [9.17, 15) is 9.59 Å². The molecule has 0 spiro atoms. The summed E-state index contributed by atoms with van der Waals surface area (Å²) in [4.78, 5) is 23.5. The number of nitrogens with zero attached hydrogens (tertiary/aromatic N) is 1. The normalized spacial score (nSPS) is 11.5. The third kappa shape index (κ3) is 4.74. The van der Waals surface area contributed by atoms with Gasteiger partial charge in [0.15, 0.2) is 0 Å². The molecule has 144 valence electrons. The van der Waals surface area contributed by atoms with Gasteiger partial charge in [-0.15, -0.1) is 0 Å². The summed E-state index contributed by atoms with van der Waals surface area (Å²) < 4.78 is 10.2. The molecule has 0 unspecified atom stereocenters. The van der Waals surface area contributed by atoms with Gasteiger partial charge in [-0.2, -0.15) is 0 Å². The predicted molar refractivity (Wildman–Crippen MR) is 100 cm³/mol. The van der Waals surface area contributed by atoms with E-state index in [0.29, 0.717) is 5.56 Å². The fraction of sp³-hybridized carbons (Fsp3) is 0.150. The number of hydroxylamine groups is 1. The monoisotopic (exact) mass is 381 g/mol. The second-order valence-corrected chi connectivity index (χ2v) is 6.05. The average Bonchev–Trinajstić information content (AvgIpc) is 3.20. The van der Waals surface area contributed by atoms with Gasteiger partial charge in [-0.1, -0.05) is 42.5 Å². The number of hydrogen-bond donors (Lipinski definition) is 3. The topological polar surface area (TPSA) is 114 Å². The lowest BCUT2D eigenvalue weighted by Gasteiger charge is -2.13. The first-order chi connectivity index (χ1) is 13.6. The van der Waals surface area contributed by atoms with E-state index in [2.05, 4.69) is 10.5 Å². The Morgan fingerprint density at radius 2 is 1.75 bits per heavy atom. The summed E-state index contributed by atoms with van der Waals surface area (Å²) >= 11 is 0. The van der Waals surface area contributed by atoms with Crippen molar-refractivity contribution in [3.8, 4) is 17.0 Å². The molecule has 2 aromatic carbocycles. The minimum absolute atomic E-state index is 0.0764. The van der Waals surface area contributed by atoms with Crippen LogP contribution < -0.4 is 15.5 Å². The second kappa shape index (κ2) is 8.83. The minimum atomic E-state index is -0.831. The van der Waals surface area contributed by atoms with Crippen LogP contribution in [0.2, 0.25) is 0 Å². The van der Waals surface area contributed by atoms with Crippen molar-refractivity contribution in [1.29, 1.82) is 0 Å². The zero-order valence-corrected chi connectivity index (χ0v) is 15.1. The van der Waals surface area contributed by atoms with Gasteiger partial charge < -0.3 is 14.6 Å². The lowest BCUT2D eigenvalue weighted by atomic mass is 10.0. The van der Waals surface area contributed by atoms with Crippen molar-refractivity contribution in [3.63, 3.8) is 0 Å². The summed E-state index contributed by atoms with van der Waals surface area (Å²) in [5.74, 6) is -1.17. The maximum atomic E-state index is 12.3. The van der Waals surface area contributed by atoms with Crippen molar-refractivity contribution in [3.05, 3.63) is 72.0 Å². The maximum absolute atomic E-state index is 12.3. The highest BCUT2D eigenvalue weighted by molar-refractivity contribution is 5.94. The van der Waals surface area contributed by atoms with Crippen molar-refractivity contribution in [1.82, 2.24) is 16.0 Å². The van der Waals surface area contributed by atoms with Crippen LogP contribution in [0.25, 0.3) is 11.1 Å². The Morgan fingerprint density at radius 3 is 2.43 bits per heavy atom. The number of aromatic nitrogens is 1. The summed E-state index contributed by atoms with van der Waals surface area (Å²) in [5.41, 5.74) is 4.08. The van der Waals surface area contributed by atoms with Crippen LogP contribution in [0.15, 0.2) is 65.2 Å². The molecule has 8 nitrogen and oxygen atoms in total. The van der Waals surface area contributed by atoms with E-state index in [0.717, 1.165) is 11.1 Å². The Hall–Kier alpha value is -3.65. The first-order valence-corrected chi connectivity index (χ1v) is 8.58. The highest BCUT2D eigenvalue weighted by atomic mass is 16.5. The van der Waals surface area contributed by atoms with Crippen LogP contribution in [-0.2, 0) is 0 Å². The molecule has 3 N–H and O–H groups in total. The van der Waals surface area contributed by atoms with E-state index in [-0.39, 0.29) is 24.1 Å². The predicted octanol–water partition coefficient (Wildman–Crippen LogP) is 2.66. The molecule has 1 atom stereocenters. The summed E-state index contributed by atoms with van der Waals surface area (Å²) in [7, 11) is 0. The Morgan fingerprint density at radius 1 is 1.07 bits per heavy atom. The number of nitrogens with one attached hydrogen (secondary N) is 2. The summed E-state index contributed by atoms with van der Waals surface area (Å²) in [6.45, 7) is 1.97. The largest absolute Gasteiger partial charge is 0.471 e. The number of carbonyl (C=O) groups excluding carboxylic acids is 2.